The minimum Gasteiger partial charge on any atom is -0.387 e. The largest absolute Gasteiger partial charge is 0.387 e. The van der Waals surface area contributed by atoms with E-state index in [-0.39, 0.29) is 17.8 Å². The lowest BCUT2D eigenvalue weighted by molar-refractivity contribution is 0.0951. The zero-order chi connectivity index (χ0) is 17.1. The average Bonchev–Trinajstić information content (AvgIpc) is 3.38. The number of nitrogens with zero attached hydrogens (tertiary/aromatic N) is 1. The SMILES string of the molecule is CCCCNc1cc2c(NC)c(C(=O)NC3CC3)cnc2cc1F. The summed E-state index contributed by atoms with van der Waals surface area (Å²) in [5.41, 5.74) is 2.13. The fourth-order valence-corrected chi connectivity index (χ4v) is 2.68. The van der Waals surface area contributed by atoms with Crippen molar-refractivity contribution in [3.8, 4) is 0 Å². The van der Waals surface area contributed by atoms with Crippen LogP contribution >= 0.6 is 0 Å². The Hall–Kier alpha value is -2.37. The molecule has 0 radical (unpaired) electrons. The number of aromatic nitrogens is 1. The molecule has 1 saturated carbocycles. The van der Waals surface area contributed by atoms with Crippen molar-refractivity contribution in [1.82, 2.24) is 10.3 Å². The van der Waals surface area contributed by atoms with Crippen LogP contribution in [0, 0.1) is 5.82 Å². The number of amides is 1. The molecule has 1 aliphatic rings. The fraction of sp³-hybridized carbons (Fsp3) is 0.444. The van der Waals surface area contributed by atoms with Gasteiger partial charge in [-0.3, -0.25) is 9.78 Å². The van der Waals surface area contributed by atoms with Gasteiger partial charge >= 0.3 is 0 Å². The number of benzene rings is 1. The number of halogens is 1. The van der Waals surface area contributed by atoms with E-state index < -0.39 is 0 Å². The molecular weight excluding hydrogens is 307 g/mol. The van der Waals surface area contributed by atoms with Gasteiger partial charge in [-0.15, -0.1) is 0 Å². The molecule has 24 heavy (non-hydrogen) atoms. The third-order valence-electron chi connectivity index (χ3n) is 4.21. The Morgan fingerprint density at radius 1 is 1.38 bits per heavy atom. The number of pyridine rings is 1. The molecule has 0 aliphatic heterocycles. The Kier molecular flexibility index (Phi) is 4.83. The molecule has 5 nitrogen and oxygen atoms in total. The Balaban J connectivity index is 1.98. The predicted molar refractivity (Wildman–Crippen MR) is 95.1 cm³/mol. The van der Waals surface area contributed by atoms with Gasteiger partial charge in [0.25, 0.3) is 5.91 Å². The van der Waals surface area contributed by atoms with E-state index in [1.807, 2.05) is 0 Å². The summed E-state index contributed by atoms with van der Waals surface area (Å²) < 4.78 is 14.2. The number of anilines is 2. The van der Waals surface area contributed by atoms with Crippen molar-refractivity contribution in [2.45, 2.75) is 38.6 Å². The number of nitrogens with one attached hydrogen (secondary N) is 3. The molecule has 1 aromatic heterocycles. The molecule has 2 aromatic rings. The van der Waals surface area contributed by atoms with Crippen LogP contribution in [0.4, 0.5) is 15.8 Å². The quantitative estimate of drug-likeness (QED) is 0.680. The van der Waals surface area contributed by atoms with Gasteiger partial charge in [0.2, 0.25) is 0 Å². The second-order valence-electron chi connectivity index (χ2n) is 6.17. The smallest absolute Gasteiger partial charge is 0.255 e. The highest BCUT2D eigenvalue weighted by Gasteiger charge is 2.25. The summed E-state index contributed by atoms with van der Waals surface area (Å²) in [6.07, 6.45) is 5.57. The molecule has 3 N–H and O–H groups in total. The average molecular weight is 330 g/mol. The highest BCUT2D eigenvalue weighted by Crippen LogP contribution is 2.30. The molecule has 0 saturated heterocycles. The topological polar surface area (TPSA) is 66.0 Å². The lowest BCUT2D eigenvalue weighted by Crippen LogP contribution is -2.26. The van der Waals surface area contributed by atoms with Gasteiger partial charge in [0, 0.05) is 37.3 Å². The van der Waals surface area contributed by atoms with Crippen molar-refractivity contribution in [2.24, 2.45) is 0 Å². The van der Waals surface area contributed by atoms with Crippen LogP contribution in [0.3, 0.4) is 0 Å². The first-order valence-corrected chi connectivity index (χ1v) is 8.48. The molecule has 6 heteroatoms. The summed E-state index contributed by atoms with van der Waals surface area (Å²) in [6.45, 7) is 2.80. The molecule has 1 aromatic carbocycles. The number of unbranched alkanes of at least 4 members (excludes halogenated alkanes) is 1. The van der Waals surface area contributed by atoms with E-state index >= 15 is 0 Å². The minimum absolute atomic E-state index is 0.138. The van der Waals surface area contributed by atoms with Gasteiger partial charge in [-0.2, -0.15) is 0 Å². The number of carbonyl (C=O) groups excluding carboxylic acids is 1. The van der Waals surface area contributed by atoms with Gasteiger partial charge in [0.15, 0.2) is 0 Å². The number of rotatable bonds is 7. The first-order valence-electron chi connectivity index (χ1n) is 8.48. The summed E-state index contributed by atoms with van der Waals surface area (Å²) in [6, 6.07) is 3.41. The van der Waals surface area contributed by atoms with E-state index in [1.165, 1.54) is 12.3 Å². The number of carbonyl (C=O) groups is 1. The molecule has 1 amide bonds. The van der Waals surface area contributed by atoms with Gasteiger partial charge in [-0.1, -0.05) is 13.3 Å². The van der Waals surface area contributed by atoms with Crippen molar-refractivity contribution in [2.75, 3.05) is 24.2 Å². The summed E-state index contributed by atoms with van der Waals surface area (Å²) in [4.78, 5) is 16.7. The van der Waals surface area contributed by atoms with E-state index in [9.17, 15) is 9.18 Å². The molecule has 0 bridgehead atoms. The maximum absolute atomic E-state index is 14.2. The van der Waals surface area contributed by atoms with Crippen molar-refractivity contribution in [3.05, 3.63) is 29.7 Å². The van der Waals surface area contributed by atoms with Crippen molar-refractivity contribution < 1.29 is 9.18 Å². The van der Waals surface area contributed by atoms with E-state index in [2.05, 4.69) is 27.9 Å². The van der Waals surface area contributed by atoms with Crippen molar-refractivity contribution in [1.29, 1.82) is 0 Å². The molecule has 3 rings (SSSR count). The Morgan fingerprint density at radius 3 is 2.83 bits per heavy atom. The summed E-state index contributed by atoms with van der Waals surface area (Å²) >= 11 is 0. The van der Waals surface area contributed by atoms with E-state index in [4.69, 9.17) is 0 Å². The van der Waals surface area contributed by atoms with E-state index in [1.54, 1.807) is 13.1 Å². The van der Waals surface area contributed by atoms with Gasteiger partial charge in [0.1, 0.15) is 5.82 Å². The van der Waals surface area contributed by atoms with Crippen LogP contribution in [0.1, 0.15) is 43.0 Å². The lowest BCUT2D eigenvalue weighted by atomic mass is 10.1. The maximum Gasteiger partial charge on any atom is 0.255 e. The maximum atomic E-state index is 14.2. The van der Waals surface area contributed by atoms with Gasteiger partial charge < -0.3 is 16.0 Å². The van der Waals surface area contributed by atoms with Gasteiger partial charge in [-0.25, -0.2) is 4.39 Å². The zero-order valence-corrected chi connectivity index (χ0v) is 14.1. The Labute approximate surface area is 141 Å². The molecule has 1 fully saturated rings. The van der Waals surface area contributed by atoms with Gasteiger partial charge in [0.05, 0.1) is 22.5 Å². The third-order valence-corrected chi connectivity index (χ3v) is 4.21. The van der Waals surface area contributed by atoms with Gasteiger partial charge in [-0.05, 0) is 25.3 Å². The summed E-state index contributed by atoms with van der Waals surface area (Å²) in [7, 11) is 1.76. The molecule has 1 aliphatic carbocycles. The summed E-state index contributed by atoms with van der Waals surface area (Å²) in [5, 5.41) is 9.90. The Morgan fingerprint density at radius 2 is 2.17 bits per heavy atom. The first kappa shape index (κ1) is 16.5. The monoisotopic (exact) mass is 330 g/mol. The van der Waals surface area contributed by atoms with Crippen molar-refractivity contribution >= 4 is 28.2 Å². The van der Waals surface area contributed by atoms with Crippen LogP contribution in [0.5, 0.6) is 0 Å². The van der Waals surface area contributed by atoms with Crippen LogP contribution in [-0.2, 0) is 0 Å². The standard InChI is InChI=1S/C18H23FN4O/c1-3-4-7-21-16-8-12-15(9-14(16)19)22-10-13(17(12)20-2)18(24)23-11-5-6-11/h8-11,21H,3-7H2,1-2H3,(H,20,22)(H,23,24). The third kappa shape index (κ3) is 3.42. The van der Waals surface area contributed by atoms with Crippen LogP contribution < -0.4 is 16.0 Å². The predicted octanol–water partition coefficient (Wildman–Crippen LogP) is 3.52. The van der Waals surface area contributed by atoms with E-state index in [0.717, 1.165) is 31.1 Å². The molecule has 0 atom stereocenters. The summed E-state index contributed by atoms with van der Waals surface area (Å²) in [5.74, 6) is -0.468. The van der Waals surface area contributed by atoms with Crippen LogP contribution in [0.2, 0.25) is 0 Å². The highest BCUT2D eigenvalue weighted by atomic mass is 19.1. The highest BCUT2D eigenvalue weighted by molar-refractivity contribution is 6.07. The minimum atomic E-state index is -0.330. The number of fused-ring (bicyclic) bond motifs is 1. The zero-order valence-electron chi connectivity index (χ0n) is 14.1. The fourth-order valence-electron chi connectivity index (χ4n) is 2.68. The molecule has 0 unspecified atom stereocenters. The Bertz CT molecular complexity index is 758. The molecule has 128 valence electrons. The second kappa shape index (κ2) is 7.03. The number of hydrogen-bond donors (Lipinski definition) is 3. The van der Waals surface area contributed by atoms with Crippen LogP contribution in [-0.4, -0.2) is 30.5 Å². The normalized spacial score (nSPS) is 13.8. The van der Waals surface area contributed by atoms with E-state index in [0.29, 0.717) is 29.0 Å². The van der Waals surface area contributed by atoms with Crippen LogP contribution in [0.15, 0.2) is 18.3 Å². The lowest BCUT2D eigenvalue weighted by Gasteiger charge is -2.14. The molecule has 1 heterocycles. The molecular formula is C18H23FN4O. The molecule has 0 spiro atoms. The van der Waals surface area contributed by atoms with Crippen molar-refractivity contribution in [3.63, 3.8) is 0 Å². The second-order valence-corrected chi connectivity index (χ2v) is 6.17. The van der Waals surface area contributed by atoms with Crippen LogP contribution in [0.25, 0.3) is 10.9 Å². The number of hydrogen-bond acceptors (Lipinski definition) is 4. The first-order chi connectivity index (χ1) is 11.6.